The summed E-state index contributed by atoms with van der Waals surface area (Å²) in [5.41, 5.74) is 1.47. The largest absolute Gasteiger partial charge is 0.396 e. The molecule has 1 heterocycles. The maximum Gasteiger partial charge on any atom is 0.0475 e. The average molecular weight is 223 g/mol. The van der Waals surface area contributed by atoms with Gasteiger partial charge >= 0.3 is 0 Å². The van der Waals surface area contributed by atoms with Gasteiger partial charge in [0.25, 0.3) is 0 Å². The highest BCUT2D eigenvalue weighted by Gasteiger charge is 2.31. The highest BCUT2D eigenvalue weighted by Crippen LogP contribution is 2.24. The predicted molar refractivity (Wildman–Crippen MR) is 64.0 cm³/mol. The highest BCUT2D eigenvalue weighted by atomic mass is 16.3. The summed E-state index contributed by atoms with van der Waals surface area (Å²) in [6.45, 7) is 3.23. The van der Waals surface area contributed by atoms with Crippen molar-refractivity contribution in [3.05, 3.63) is 23.8 Å². The van der Waals surface area contributed by atoms with E-state index < -0.39 is 0 Å². The van der Waals surface area contributed by atoms with Crippen molar-refractivity contribution >= 4 is 0 Å². The molecule has 1 fully saturated rings. The Morgan fingerprint density at radius 2 is 1.88 bits per heavy atom. The van der Waals surface area contributed by atoms with Crippen LogP contribution in [0.5, 0.6) is 0 Å². The average Bonchev–Trinajstić information content (AvgIpc) is 2.72. The first kappa shape index (κ1) is 11.8. The maximum atomic E-state index is 9.23. The van der Waals surface area contributed by atoms with Gasteiger partial charge in [-0.2, -0.15) is 0 Å². The number of allylic oxidation sites excluding steroid dienone is 3. The Labute approximate surface area is 97.1 Å². The summed E-state index contributed by atoms with van der Waals surface area (Å²) in [6.07, 6.45) is 8.82. The van der Waals surface area contributed by atoms with Crippen molar-refractivity contribution in [3.8, 4) is 0 Å². The van der Waals surface area contributed by atoms with Gasteiger partial charge in [-0.15, -0.1) is 0 Å². The quantitative estimate of drug-likeness (QED) is 0.741. The van der Waals surface area contributed by atoms with Crippen LogP contribution in [0, 0.1) is 11.8 Å². The Bertz CT molecular complexity index is 274. The molecule has 0 spiro atoms. The third-order valence-corrected chi connectivity index (χ3v) is 3.65. The topological polar surface area (TPSA) is 43.7 Å². The van der Waals surface area contributed by atoms with Crippen LogP contribution in [0.15, 0.2) is 23.8 Å². The van der Waals surface area contributed by atoms with Crippen LogP contribution in [0.4, 0.5) is 0 Å². The van der Waals surface area contributed by atoms with E-state index in [1.54, 1.807) is 0 Å². The molecular formula is C13H21NO2. The van der Waals surface area contributed by atoms with Crippen molar-refractivity contribution in [2.75, 3.05) is 32.8 Å². The van der Waals surface area contributed by atoms with E-state index in [0.717, 1.165) is 32.5 Å². The molecular weight excluding hydrogens is 202 g/mol. The first-order valence-corrected chi connectivity index (χ1v) is 6.12. The highest BCUT2D eigenvalue weighted by molar-refractivity contribution is 5.19. The minimum Gasteiger partial charge on any atom is -0.396 e. The third-order valence-electron chi connectivity index (χ3n) is 3.65. The summed E-state index contributed by atoms with van der Waals surface area (Å²) < 4.78 is 0. The smallest absolute Gasteiger partial charge is 0.0475 e. The minimum atomic E-state index is 0.195. The first-order valence-electron chi connectivity index (χ1n) is 6.12. The number of hydrogen-bond donors (Lipinski definition) is 2. The monoisotopic (exact) mass is 223 g/mol. The molecule has 3 nitrogen and oxygen atoms in total. The summed E-state index contributed by atoms with van der Waals surface area (Å²) in [5.74, 6) is 0.509. The van der Waals surface area contributed by atoms with Crippen LogP contribution in [0.3, 0.4) is 0 Å². The summed E-state index contributed by atoms with van der Waals surface area (Å²) >= 11 is 0. The molecule has 0 radical (unpaired) electrons. The van der Waals surface area contributed by atoms with Gasteiger partial charge in [0.2, 0.25) is 0 Å². The lowest BCUT2D eigenvalue weighted by molar-refractivity contribution is 0.152. The standard InChI is InChI=1S/C13H21NO2/c15-9-12-7-14(8-13(12)10-16)6-11-4-2-1-3-5-11/h1-2,4,12-13,15-16H,3,5-10H2. The molecule has 2 aliphatic rings. The van der Waals surface area contributed by atoms with Gasteiger partial charge in [0.15, 0.2) is 0 Å². The van der Waals surface area contributed by atoms with Crippen LogP contribution >= 0.6 is 0 Å². The number of hydrogen-bond acceptors (Lipinski definition) is 3. The molecule has 0 aromatic rings. The van der Waals surface area contributed by atoms with Gasteiger partial charge in [-0.1, -0.05) is 23.8 Å². The van der Waals surface area contributed by atoms with Gasteiger partial charge in [-0.3, -0.25) is 4.90 Å². The summed E-state index contributed by atoms with van der Waals surface area (Å²) in [4.78, 5) is 2.35. The van der Waals surface area contributed by atoms with Crippen molar-refractivity contribution in [3.63, 3.8) is 0 Å². The van der Waals surface area contributed by atoms with Crippen LogP contribution in [0.2, 0.25) is 0 Å². The van der Waals surface area contributed by atoms with Gasteiger partial charge in [0, 0.05) is 44.7 Å². The van der Waals surface area contributed by atoms with E-state index in [1.807, 2.05) is 0 Å². The number of likely N-dealkylation sites (tertiary alicyclic amines) is 1. The van der Waals surface area contributed by atoms with E-state index in [1.165, 1.54) is 5.57 Å². The molecule has 1 saturated heterocycles. The van der Waals surface area contributed by atoms with Crippen LogP contribution in [-0.2, 0) is 0 Å². The fourth-order valence-electron chi connectivity index (χ4n) is 2.65. The molecule has 0 aromatic heterocycles. The van der Waals surface area contributed by atoms with Crippen LogP contribution in [0.25, 0.3) is 0 Å². The van der Waals surface area contributed by atoms with Crippen LogP contribution < -0.4 is 0 Å². The summed E-state index contributed by atoms with van der Waals surface area (Å²) in [7, 11) is 0. The van der Waals surface area contributed by atoms with Crippen molar-refractivity contribution < 1.29 is 10.2 Å². The Hall–Kier alpha value is -0.640. The zero-order valence-electron chi connectivity index (χ0n) is 9.68. The molecule has 16 heavy (non-hydrogen) atoms. The Morgan fingerprint density at radius 3 is 2.38 bits per heavy atom. The molecule has 2 atom stereocenters. The first-order chi connectivity index (χ1) is 7.83. The lowest BCUT2D eigenvalue weighted by Gasteiger charge is -2.18. The van der Waals surface area contributed by atoms with Gasteiger partial charge in [0.1, 0.15) is 0 Å². The maximum absolute atomic E-state index is 9.23. The molecule has 0 amide bonds. The van der Waals surface area contributed by atoms with Gasteiger partial charge in [-0.25, -0.2) is 0 Å². The fourth-order valence-corrected chi connectivity index (χ4v) is 2.65. The molecule has 2 unspecified atom stereocenters. The second-order valence-electron chi connectivity index (χ2n) is 4.87. The van der Waals surface area contributed by atoms with E-state index in [9.17, 15) is 10.2 Å². The van der Waals surface area contributed by atoms with E-state index in [0.29, 0.717) is 0 Å². The lowest BCUT2D eigenvalue weighted by atomic mass is 9.98. The molecule has 1 aliphatic carbocycles. The minimum absolute atomic E-state index is 0.195. The third kappa shape index (κ3) is 2.73. The second kappa shape index (κ2) is 5.62. The number of rotatable bonds is 4. The van der Waals surface area contributed by atoms with Gasteiger partial charge < -0.3 is 10.2 Å². The van der Waals surface area contributed by atoms with Crippen LogP contribution in [-0.4, -0.2) is 48.0 Å². The van der Waals surface area contributed by atoms with E-state index >= 15 is 0 Å². The fraction of sp³-hybridized carbons (Fsp3) is 0.692. The van der Waals surface area contributed by atoms with Crippen molar-refractivity contribution in [1.29, 1.82) is 0 Å². The molecule has 1 aliphatic heterocycles. The normalized spacial score (nSPS) is 30.8. The number of aliphatic hydroxyl groups excluding tert-OH is 2. The molecule has 0 saturated carbocycles. The zero-order valence-corrected chi connectivity index (χ0v) is 9.68. The van der Waals surface area contributed by atoms with Crippen molar-refractivity contribution in [2.24, 2.45) is 11.8 Å². The van der Waals surface area contributed by atoms with Crippen LogP contribution in [0.1, 0.15) is 12.8 Å². The molecule has 2 rings (SSSR count). The van der Waals surface area contributed by atoms with E-state index in [4.69, 9.17) is 0 Å². The predicted octanol–water partition coefficient (Wildman–Crippen LogP) is 0.795. The lowest BCUT2D eigenvalue weighted by Crippen LogP contribution is -2.24. The summed E-state index contributed by atoms with van der Waals surface area (Å²) in [6, 6.07) is 0. The molecule has 2 N–H and O–H groups in total. The molecule has 0 aromatic carbocycles. The van der Waals surface area contributed by atoms with Crippen molar-refractivity contribution in [1.82, 2.24) is 4.90 Å². The van der Waals surface area contributed by atoms with Gasteiger partial charge in [0.05, 0.1) is 0 Å². The number of nitrogens with zero attached hydrogens (tertiary/aromatic N) is 1. The Balaban J connectivity index is 1.87. The summed E-state index contributed by atoms with van der Waals surface area (Å²) in [5, 5.41) is 18.5. The SMILES string of the molecule is OCC1CN(CC2=CC=CCC2)CC1CO. The Kier molecular flexibility index (Phi) is 4.16. The van der Waals surface area contributed by atoms with E-state index in [-0.39, 0.29) is 25.0 Å². The van der Waals surface area contributed by atoms with E-state index in [2.05, 4.69) is 23.1 Å². The van der Waals surface area contributed by atoms with Gasteiger partial charge in [-0.05, 0) is 12.8 Å². The second-order valence-corrected chi connectivity index (χ2v) is 4.87. The molecule has 0 bridgehead atoms. The Morgan fingerprint density at radius 1 is 1.19 bits per heavy atom. The van der Waals surface area contributed by atoms with Crippen molar-refractivity contribution in [2.45, 2.75) is 12.8 Å². The zero-order chi connectivity index (χ0) is 11.4. The molecule has 90 valence electrons. The molecule has 3 heteroatoms. The number of aliphatic hydroxyl groups is 2.